The molecule has 1 heterocycles. The van der Waals surface area contributed by atoms with Crippen molar-refractivity contribution in [2.45, 2.75) is 17.9 Å². The van der Waals surface area contributed by atoms with Crippen LogP contribution in [0.25, 0.3) is 0 Å². The third kappa shape index (κ3) is 3.02. The molecule has 0 fully saturated rings. The summed E-state index contributed by atoms with van der Waals surface area (Å²) in [6, 6.07) is 0.817. The Morgan fingerprint density at radius 1 is 1.38 bits per heavy atom. The van der Waals surface area contributed by atoms with E-state index in [0.717, 1.165) is 6.07 Å². The Balaban J connectivity index is 3.43. The SMILES string of the molecule is FC(F)c1cc(I)c(CBr)nc1C(F)(F)F. The maximum atomic E-state index is 12.4. The fraction of sp³-hybridized carbons (Fsp3) is 0.375. The van der Waals surface area contributed by atoms with Crippen molar-refractivity contribution < 1.29 is 22.0 Å². The Morgan fingerprint density at radius 2 is 1.94 bits per heavy atom. The van der Waals surface area contributed by atoms with Gasteiger partial charge in [-0.2, -0.15) is 13.2 Å². The van der Waals surface area contributed by atoms with Crippen LogP contribution in [0.4, 0.5) is 22.0 Å². The lowest BCUT2D eigenvalue weighted by molar-refractivity contribution is -0.143. The van der Waals surface area contributed by atoms with Gasteiger partial charge >= 0.3 is 6.18 Å². The molecule has 1 nitrogen and oxygen atoms in total. The molecule has 1 aromatic rings. The summed E-state index contributed by atoms with van der Waals surface area (Å²) in [4.78, 5) is 3.22. The average Bonchev–Trinajstić information content (AvgIpc) is 2.15. The van der Waals surface area contributed by atoms with Crippen LogP contribution >= 0.6 is 38.5 Å². The minimum Gasteiger partial charge on any atom is -0.246 e. The van der Waals surface area contributed by atoms with Crippen LogP contribution < -0.4 is 0 Å². The molecule has 0 bridgehead atoms. The van der Waals surface area contributed by atoms with Crippen molar-refractivity contribution in [1.29, 1.82) is 0 Å². The third-order valence-corrected chi connectivity index (χ3v) is 3.17. The molecule has 16 heavy (non-hydrogen) atoms. The second-order valence-corrected chi connectivity index (χ2v) is 4.51. The van der Waals surface area contributed by atoms with Crippen LogP contribution in [0.2, 0.25) is 0 Å². The van der Waals surface area contributed by atoms with Crippen LogP contribution in [-0.4, -0.2) is 4.98 Å². The molecule has 0 aliphatic rings. The zero-order chi connectivity index (χ0) is 12.5. The summed E-state index contributed by atoms with van der Waals surface area (Å²) in [6.07, 6.45) is -8.06. The molecule has 0 spiro atoms. The molecule has 0 aliphatic carbocycles. The highest BCUT2D eigenvalue weighted by Crippen LogP contribution is 2.36. The van der Waals surface area contributed by atoms with E-state index in [4.69, 9.17) is 0 Å². The predicted octanol–water partition coefficient (Wildman–Crippen LogP) is 4.54. The number of aromatic nitrogens is 1. The van der Waals surface area contributed by atoms with E-state index in [0.29, 0.717) is 0 Å². The van der Waals surface area contributed by atoms with Gasteiger partial charge in [-0.05, 0) is 28.7 Å². The van der Waals surface area contributed by atoms with E-state index in [9.17, 15) is 22.0 Å². The zero-order valence-electron chi connectivity index (χ0n) is 7.45. The molecule has 0 saturated heterocycles. The van der Waals surface area contributed by atoms with Gasteiger partial charge in [0.05, 0.1) is 5.69 Å². The van der Waals surface area contributed by atoms with E-state index in [2.05, 4.69) is 20.9 Å². The summed E-state index contributed by atoms with van der Waals surface area (Å²) >= 11 is 4.62. The van der Waals surface area contributed by atoms with E-state index < -0.39 is 23.9 Å². The minimum absolute atomic E-state index is 0.0812. The highest BCUT2D eigenvalue weighted by Gasteiger charge is 2.38. The van der Waals surface area contributed by atoms with Crippen molar-refractivity contribution >= 4 is 38.5 Å². The number of rotatable bonds is 2. The van der Waals surface area contributed by atoms with Crippen molar-refractivity contribution in [3.8, 4) is 0 Å². The highest BCUT2D eigenvalue weighted by molar-refractivity contribution is 14.1. The lowest BCUT2D eigenvalue weighted by Crippen LogP contribution is -2.14. The van der Waals surface area contributed by atoms with Crippen LogP contribution in [0.5, 0.6) is 0 Å². The topological polar surface area (TPSA) is 12.9 Å². The lowest BCUT2D eigenvalue weighted by atomic mass is 10.1. The Morgan fingerprint density at radius 3 is 2.31 bits per heavy atom. The number of alkyl halides is 6. The fourth-order valence-corrected chi connectivity index (χ4v) is 2.63. The summed E-state index contributed by atoms with van der Waals surface area (Å²) < 4.78 is 62.4. The van der Waals surface area contributed by atoms with Crippen molar-refractivity contribution in [3.63, 3.8) is 0 Å². The standard InChI is InChI=1S/C8H4BrF5IN/c9-2-5-4(15)1-3(7(10)11)6(16-5)8(12,13)14/h1,7H,2H2. The average molecular weight is 416 g/mol. The van der Waals surface area contributed by atoms with Crippen molar-refractivity contribution in [3.05, 3.63) is 26.6 Å². The summed E-state index contributed by atoms with van der Waals surface area (Å²) in [6.45, 7) is 0. The monoisotopic (exact) mass is 415 g/mol. The minimum atomic E-state index is -4.87. The van der Waals surface area contributed by atoms with Gasteiger partial charge < -0.3 is 0 Å². The molecule has 0 amide bonds. The molecule has 90 valence electrons. The van der Waals surface area contributed by atoms with Gasteiger partial charge in [0.1, 0.15) is 0 Å². The Hall–Kier alpha value is 0.01000. The van der Waals surface area contributed by atoms with Crippen LogP contribution in [0.3, 0.4) is 0 Å². The van der Waals surface area contributed by atoms with Gasteiger partial charge in [0.25, 0.3) is 6.43 Å². The third-order valence-electron chi connectivity index (χ3n) is 1.71. The van der Waals surface area contributed by atoms with Crippen molar-refractivity contribution in [2.75, 3.05) is 0 Å². The van der Waals surface area contributed by atoms with Gasteiger partial charge in [-0.1, -0.05) is 15.9 Å². The molecule has 0 saturated carbocycles. The van der Waals surface area contributed by atoms with Gasteiger partial charge in [0.2, 0.25) is 0 Å². The lowest BCUT2D eigenvalue weighted by Gasteiger charge is -2.13. The quantitative estimate of drug-likeness (QED) is 0.392. The summed E-state index contributed by atoms with van der Waals surface area (Å²) in [5.74, 6) is 0. The number of nitrogens with zero attached hydrogens (tertiary/aromatic N) is 1. The van der Waals surface area contributed by atoms with Crippen molar-refractivity contribution in [1.82, 2.24) is 4.98 Å². The molecule has 0 N–H and O–H groups in total. The molecule has 1 rings (SSSR count). The first-order chi connectivity index (χ1) is 7.27. The largest absolute Gasteiger partial charge is 0.433 e. The molecular weight excluding hydrogens is 412 g/mol. The first kappa shape index (κ1) is 14.1. The Kier molecular flexibility index (Phi) is 4.49. The second-order valence-electron chi connectivity index (χ2n) is 2.79. The van der Waals surface area contributed by atoms with E-state index in [1.165, 1.54) is 0 Å². The molecule has 1 aromatic heterocycles. The number of hydrogen-bond acceptors (Lipinski definition) is 1. The molecule has 0 aliphatic heterocycles. The van der Waals surface area contributed by atoms with E-state index >= 15 is 0 Å². The van der Waals surface area contributed by atoms with E-state index in [1.807, 2.05) is 0 Å². The first-order valence-corrected chi connectivity index (χ1v) is 6.08. The molecule has 0 radical (unpaired) electrons. The molecule has 0 atom stereocenters. The second kappa shape index (κ2) is 5.11. The maximum absolute atomic E-state index is 12.4. The smallest absolute Gasteiger partial charge is 0.246 e. The number of halogens is 7. The summed E-state index contributed by atoms with van der Waals surface area (Å²) in [5.41, 5.74) is -2.50. The van der Waals surface area contributed by atoms with Crippen LogP contribution in [0, 0.1) is 3.57 Å². The normalized spacial score (nSPS) is 12.2. The van der Waals surface area contributed by atoms with E-state index in [1.54, 1.807) is 22.6 Å². The molecular formula is C8H4BrF5IN. The Bertz CT molecular complexity index is 393. The number of hydrogen-bond donors (Lipinski definition) is 0. The van der Waals surface area contributed by atoms with Crippen LogP contribution in [0.1, 0.15) is 23.4 Å². The van der Waals surface area contributed by atoms with Gasteiger partial charge in [-0.3, -0.25) is 0 Å². The van der Waals surface area contributed by atoms with Crippen LogP contribution in [0.15, 0.2) is 6.07 Å². The van der Waals surface area contributed by atoms with Crippen molar-refractivity contribution in [2.24, 2.45) is 0 Å². The Labute approximate surface area is 110 Å². The van der Waals surface area contributed by atoms with Gasteiger partial charge in [0, 0.05) is 14.5 Å². The molecule has 0 unspecified atom stereocenters. The maximum Gasteiger partial charge on any atom is 0.433 e. The predicted molar refractivity (Wildman–Crippen MR) is 59.5 cm³/mol. The summed E-state index contributed by atoms with van der Waals surface area (Å²) in [7, 11) is 0. The molecule has 8 heteroatoms. The fourth-order valence-electron chi connectivity index (χ4n) is 1.03. The van der Waals surface area contributed by atoms with Gasteiger partial charge in [0.15, 0.2) is 5.69 Å². The molecule has 0 aromatic carbocycles. The highest BCUT2D eigenvalue weighted by atomic mass is 127. The summed E-state index contributed by atoms with van der Waals surface area (Å²) in [5, 5.41) is 0.0812. The van der Waals surface area contributed by atoms with Gasteiger partial charge in [-0.25, -0.2) is 13.8 Å². The first-order valence-electron chi connectivity index (χ1n) is 3.88. The zero-order valence-corrected chi connectivity index (χ0v) is 11.2. The van der Waals surface area contributed by atoms with Gasteiger partial charge in [-0.15, -0.1) is 0 Å². The van der Waals surface area contributed by atoms with E-state index in [-0.39, 0.29) is 14.6 Å². The van der Waals surface area contributed by atoms with Crippen LogP contribution in [-0.2, 0) is 11.5 Å². The number of pyridine rings is 1.